The molecule has 2 atom stereocenters. The lowest BCUT2D eigenvalue weighted by molar-refractivity contribution is 0.0285. The molecule has 0 saturated carbocycles. The topological polar surface area (TPSA) is 69.5 Å². The number of likely N-dealkylation sites (tertiary alicyclic amines) is 1. The largest absolute Gasteiger partial charge is 0.481 e. The molecule has 8 rings (SSSR count). The number of aryl methyl sites for hydroxylation is 1. The molecule has 262 valence electrons. The van der Waals surface area contributed by atoms with Gasteiger partial charge in [-0.15, -0.1) is 0 Å². The molecule has 3 heterocycles. The smallest absolute Gasteiger partial charge is 0.410 e. The number of fused-ring (bicyclic) bond motifs is 2. The molecule has 2 aromatic heterocycles. The van der Waals surface area contributed by atoms with Gasteiger partial charge in [-0.05, 0) is 97.5 Å². The van der Waals surface area contributed by atoms with Crippen LogP contribution >= 0.6 is 0 Å². The van der Waals surface area contributed by atoms with Crippen molar-refractivity contribution in [3.05, 3.63) is 155 Å². The summed E-state index contributed by atoms with van der Waals surface area (Å²) in [7, 11) is 1.64. The second-order valence-corrected chi connectivity index (χ2v) is 15.0. The molecule has 2 aliphatic rings. The fraction of sp³-hybridized carbons (Fsp3) is 0.267. The standard InChI is InChI=1S/C45H44N4O3/c1-30-23-40-39(27-38(30)32-24-33-28-48(29-34(33)25-32)43(50)52-44(2,3)4)42(31-21-22-46-41(26-31)51-5)47-49(40)45(35-15-9-6-10-16-35,36-17-11-7-12-18-36)37-19-13-8-14-20-37/h6-24,26-27,33-34H,25,28-29H2,1-5H3/t33-,34?/m1/s1. The van der Waals surface area contributed by atoms with Crippen LogP contribution in [0.15, 0.2) is 128 Å². The first-order chi connectivity index (χ1) is 25.2. The molecule has 1 aliphatic carbocycles. The molecule has 4 aromatic carbocycles. The summed E-state index contributed by atoms with van der Waals surface area (Å²) in [5.41, 5.74) is 8.57. The molecule has 1 saturated heterocycles. The molecule has 7 nitrogen and oxygen atoms in total. The summed E-state index contributed by atoms with van der Waals surface area (Å²) in [6.07, 6.45) is 4.86. The van der Waals surface area contributed by atoms with Crippen molar-refractivity contribution < 1.29 is 14.3 Å². The highest BCUT2D eigenvalue weighted by atomic mass is 16.6. The minimum absolute atomic E-state index is 0.224. The third-order valence-electron chi connectivity index (χ3n) is 10.5. The number of pyridine rings is 1. The Hall–Kier alpha value is -5.69. The first-order valence-corrected chi connectivity index (χ1v) is 18.1. The van der Waals surface area contributed by atoms with Gasteiger partial charge in [-0.1, -0.05) is 97.1 Å². The third kappa shape index (κ3) is 5.84. The number of allylic oxidation sites excluding steroid dienone is 1. The van der Waals surface area contributed by atoms with Gasteiger partial charge in [0.05, 0.1) is 12.6 Å². The number of rotatable bonds is 7. The molecule has 7 heteroatoms. The maximum atomic E-state index is 12.9. The average Bonchev–Trinajstić information content (AvgIpc) is 3.85. The van der Waals surface area contributed by atoms with Gasteiger partial charge in [0.2, 0.25) is 5.88 Å². The van der Waals surface area contributed by atoms with Gasteiger partial charge in [0.15, 0.2) is 0 Å². The molecule has 1 unspecified atom stereocenters. The quantitative estimate of drug-likeness (QED) is 0.156. The molecule has 0 bridgehead atoms. The van der Waals surface area contributed by atoms with E-state index in [-0.39, 0.29) is 6.09 Å². The van der Waals surface area contributed by atoms with Crippen molar-refractivity contribution in [3.63, 3.8) is 0 Å². The van der Waals surface area contributed by atoms with Gasteiger partial charge >= 0.3 is 6.09 Å². The summed E-state index contributed by atoms with van der Waals surface area (Å²) in [6.45, 7) is 9.34. The lowest BCUT2D eigenvalue weighted by atomic mass is 9.77. The van der Waals surface area contributed by atoms with Crippen molar-refractivity contribution in [3.8, 4) is 17.1 Å². The number of methoxy groups -OCH3 is 1. The number of carbonyl (C=O) groups excluding carboxylic acids is 1. The number of carbonyl (C=O) groups is 1. The van der Waals surface area contributed by atoms with E-state index in [1.165, 1.54) is 16.7 Å². The van der Waals surface area contributed by atoms with Crippen LogP contribution in [0.25, 0.3) is 27.7 Å². The van der Waals surface area contributed by atoms with Gasteiger partial charge in [-0.2, -0.15) is 5.10 Å². The molecule has 0 N–H and O–H groups in total. The maximum absolute atomic E-state index is 12.9. The number of hydrogen-bond donors (Lipinski definition) is 0. The van der Waals surface area contributed by atoms with Crippen LogP contribution in [0.4, 0.5) is 4.79 Å². The Bertz CT molecular complexity index is 2180. The van der Waals surface area contributed by atoms with Gasteiger partial charge < -0.3 is 14.4 Å². The minimum atomic E-state index is -0.792. The van der Waals surface area contributed by atoms with Crippen LogP contribution in [0.3, 0.4) is 0 Å². The zero-order chi connectivity index (χ0) is 36.0. The van der Waals surface area contributed by atoms with Gasteiger partial charge in [-0.25, -0.2) is 14.5 Å². The predicted molar refractivity (Wildman–Crippen MR) is 206 cm³/mol. The van der Waals surface area contributed by atoms with Crippen molar-refractivity contribution in [1.29, 1.82) is 0 Å². The normalized spacial score (nSPS) is 17.2. The fourth-order valence-corrected chi connectivity index (χ4v) is 8.24. The van der Waals surface area contributed by atoms with Crippen molar-refractivity contribution >= 4 is 22.6 Å². The molecule has 6 aromatic rings. The molecule has 0 radical (unpaired) electrons. The summed E-state index contributed by atoms with van der Waals surface area (Å²) >= 11 is 0. The van der Waals surface area contributed by atoms with Crippen LogP contribution in [0, 0.1) is 18.8 Å². The van der Waals surface area contributed by atoms with E-state index in [0.717, 1.165) is 45.3 Å². The zero-order valence-electron chi connectivity index (χ0n) is 30.4. The Labute approximate surface area is 305 Å². The molecular formula is C45H44N4O3. The van der Waals surface area contributed by atoms with Gasteiger partial charge in [-0.3, -0.25) is 0 Å². The predicted octanol–water partition coefficient (Wildman–Crippen LogP) is 9.53. The summed E-state index contributed by atoms with van der Waals surface area (Å²) in [5.74, 6) is 1.20. The van der Waals surface area contributed by atoms with E-state index in [1.54, 1.807) is 13.3 Å². The number of nitrogens with zero attached hydrogens (tertiary/aromatic N) is 4. The Morgan fingerprint density at radius 3 is 1.98 bits per heavy atom. The van der Waals surface area contributed by atoms with Gasteiger partial charge in [0.25, 0.3) is 0 Å². The summed E-state index contributed by atoms with van der Waals surface area (Å²) < 4.78 is 13.5. The van der Waals surface area contributed by atoms with E-state index in [9.17, 15) is 4.79 Å². The van der Waals surface area contributed by atoms with Crippen LogP contribution in [0.2, 0.25) is 0 Å². The van der Waals surface area contributed by atoms with E-state index in [0.29, 0.717) is 30.8 Å². The Kier molecular flexibility index (Phi) is 8.45. The van der Waals surface area contributed by atoms with E-state index < -0.39 is 11.1 Å². The lowest BCUT2D eigenvalue weighted by Crippen LogP contribution is -2.38. The van der Waals surface area contributed by atoms with Crippen LogP contribution in [0.5, 0.6) is 5.88 Å². The number of amides is 1. The van der Waals surface area contributed by atoms with Crippen LogP contribution in [-0.4, -0.2) is 51.6 Å². The van der Waals surface area contributed by atoms with Gasteiger partial charge in [0.1, 0.15) is 16.8 Å². The third-order valence-corrected chi connectivity index (χ3v) is 10.5. The summed E-state index contributed by atoms with van der Waals surface area (Å²) in [5, 5.41) is 6.67. The van der Waals surface area contributed by atoms with E-state index in [2.05, 4.69) is 126 Å². The number of aromatic nitrogens is 3. The second kappa shape index (κ2) is 13.1. The van der Waals surface area contributed by atoms with Gasteiger partial charge in [0, 0.05) is 36.3 Å². The highest BCUT2D eigenvalue weighted by molar-refractivity contribution is 5.97. The van der Waals surface area contributed by atoms with E-state index >= 15 is 0 Å². The molecular weight excluding hydrogens is 645 g/mol. The number of ether oxygens (including phenoxy) is 2. The first-order valence-electron chi connectivity index (χ1n) is 18.1. The fourth-order valence-electron chi connectivity index (χ4n) is 8.24. The van der Waals surface area contributed by atoms with E-state index in [4.69, 9.17) is 14.6 Å². The van der Waals surface area contributed by atoms with Crippen molar-refractivity contribution in [1.82, 2.24) is 19.7 Å². The molecule has 1 aliphatic heterocycles. The minimum Gasteiger partial charge on any atom is -0.481 e. The number of benzene rings is 4. The highest BCUT2D eigenvalue weighted by Crippen LogP contribution is 2.47. The molecule has 52 heavy (non-hydrogen) atoms. The van der Waals surface area contributed by atoms with Crippen molar-refractivity contribution in [2.45, 2.75) is 45.3 Å². The zero-order valence-corrected chi connectivity index (χ0v) is 30.4. The Morgan fingerprint density at radius 2 is 1.42 bits per heavy atom. The number of hydrogen-bond acceptors (Lipinski definition) is 5. The summed E-state index contributed by atoms with van der Waals surface area (Å²) in [4.78, 5) is 19.2. The van der Waals surface area contributed by atoms with Crippen LogP contribution in [-0.2, 0) is 10.3 Å². The van der Waals surface area contributed by atoms with E-state index in [1.807, 2.05) is 37.8 Å². The lowest BCUT2D eigenvalue weighted by Gasteiger charge is -2.37. The SMILES string of the molecule is COc1cc(-c2nn(C(c3ccccc3)(c3ccccc3)c3ccccc3)c3cc(C)c(C4=C[C@@H]5CN(C(=O)OC(C)(C)C)CC5C4)cc23)ccn1. The molecule has 1 fully saturated rings. The van der Waals surface area contributed by atoms with Crippen LogP contribution in [0.1, 0.15) is 55.0 Å². The monoisotopic (exact) mass is 688 g/mol. The summed E-state index contributed by atoms with van der Waals surface area (Å²) in [6, 6.07) is 40.6. The average molecular weight is 689 g/mol. The Balaban J connectivity index is 1.34. The first kappa shape index (κ1) is 33.5. The van der Waals surface area contributed by atoms with Crippen molar-refractivity contribution in [2.75, 3.05) is 20.2 Å². The second-order valence-electron chi connectivity index (χ2n) is 15.0. The Morgan fingerprint density at radius 1 is 0.808 bits per heavy atom. The van der Waals surface area contributed by atoms with Crippen LogP contribution < -0.4 is 4.74 Å². The molecule has 1 amide bonds. The highest BCUT2D eigenvalue weighted by Gasteiger charge is 2.42. The van der Waals surface area contributed by atoms with Crippen molar-refractivity contribution in [2.24, 2.45) is 11.8 Å². The maximum Gasteiger partial charge on any atom is 0.410 e. The molecule has 0 spiro atoms.